The van der Waals surface area contributed by atoms with Crippen molar-refractivity contribution in [2.24, 2.45) is 0 Å². The topological polar surface area (TPSA) is 79.0 Å². The van der Waals surface area contributed by atoms with Gasteiger partial charge in [-0.05, 0) is 55.8 Å². The van der Waals surface area contributed by atoms with Crippen molar-refractivity contribution in [2.75, 3.05) is 45.7 Å². The van der Waals surface area contributed by atoms with Crippen LogP contribution in [-0.4, -0.2) is 63.9 Å². The molecule has 0 radical (unpaired) electrons. The van der Waals surface area contributed by atoms with Crippen molar-refractivity contribution in [2.45, 2.75) is 29.6 Å². The number of halogens is 1. The summed E-state index contributed by atoms with van der Waals surface area (Å²) in [4.78, 5) is 15.5. The zero-order valence-corrected chi connectivity index (χ0v) is 19.1. The van der Waals surface area contributed by atoms with Crippen LogP contribution in [0.4, 0.5) is 10.1 Å². The van der Waals surface area contributed by atoms with E-state index < -0.39 is 15.4 Å². The van der Waals surface area contributed by atoms with Gasteiger partial charge in [-0.15, -0.1) is 0 Å². The number of rotatable bonds is 6. The Labute approximate surface area is 188 Å². The molecule has 2 aromatic carbocycles. The molecule has 1 aliphatic carbocycles. The highest BCUT2D eigenvalue weighted by Gasteiger charge is 2.46. The molecule has 172 valence electrons. The van der Waals surface area contributed by atoms with E-state index in [0.717, 1.165) is 12.0 Å². The van der Waals surface area contributed by atoms with Crippen molar-refractivity contribution in [1.82, 2.24) is 9.21 Å². The predicted octanol–water partition coefficient (Wildman–Crippen LogP) is 2.83. The fourth-order valence-electron chi connectivity index (χ4n) is 4.31. The second-order valence-corrected chi connectivity index (χ2v) is 10.4. The first kappa shape index (κ1) is 22.7. The van der Waals surface area contributed by atoms with Crippen LogP contribution in [0.2, 0.25) is 0 Å². The molecule has 0 spiro atoms. The Morgan fingerprint density at radius 2 is 1.72 bits per heavy atom. The number of hydrogen-bond acceptors (Lipinski definition) is 5. The van der Waals surface area contributed by atoms with Crippen molar-refractivity contribution in [1.29, 1.82) is 0 Å². The number of hydrogen-bond donors (Lipinski definition) is 1. The summed E-state index contributed by atoms with van der Waals surface area (Å²) in [6.07, 6.45) is 2.18. The SMILES string of the molecule is COc1ccc(S(=O)(=O)N2CCN(C)CC2)cc1NC(=O)C1(c2ccc(F)cc2)CCC1. The number of amides is 1. The van der Waals surface area contributed by atoms with Crippen molar-refractivity contribution < 1.29 is 22.3 Å². The van der Waals surface area contributed by atoms with Crippen LogP contribution in [0.15, 0.2) is 47.4 Å². The first-order chi connectivity index (χ1) is 15.3. The monoisotopic (exact) mass is 461 g/mol. The van der Waals surface area contributed by atoms with E-state index in [1.165, 1.54) is 35.7 Å². The van der Waals surface area contributed by atoms with Crippen molar-refractivity contribution in [3.63, 3.8) is 0 Å². The Morgan fingerprint density at radius 3 is 2.28 bits per heavy atom. The molecule has 2 aromatic rings. The highest BCUT2D eigenvalue weighted by Crippen LogP contribution is 2.45. The van der Waals surface area contributed by atoms with Crippen molar-refractivity contribution in [3.8, 4) is 5.75 Å². The first-order valence-electron chi connectivity index (χ1n) is 10.7. The molecule has 0 bridgehead atoms. The van der Waals surface area contributed by atoms with Gasteiger partial charge in [0.1, 0.15) is 11.6 Å². The number of carbonyl (C=O) groups excluding carboxylic acids is 1. The van der Waals surface area contributed by atoms with Crippen LogP contribution >= 0.6 is 0 Å². The molecule has 1 amide bonds. The average Bonchev–Trinajstić information content (AvgIpc) is 2.74. The minimum atomic E-state index is -3.69. The van der Waals surface area contributed by atoms with E-state index in [1.807, 2.05) is 7.05 Å². The first-order valence-corrected chi connectivity index (χ1v) is 12.1. The summed E-state index contributed by atoms with van der Waals surface area (Å²) in [7, 11) is -0.263. The Balaban J connectivity index is 1.62. The number of nitrogens with one attached hydrogen (secondary N) is 1. The number of nitrogens with zero attached hydrogens (tertiary/aromatic N) is 2. The summed E-state index contributed by atoms with van der Waals surface area (Å²) >= 11 is 0. The van der Waals surface area contributed by atoms with Gasteiger partial charge in [-0.2, -0.15) is 4.31 Å². The number of sulfonamides is 1. The Bertz CT molecular complexity index is 1090. The molecular formula is C23H28FN3O4S. The predicted molar refractivity (Wildman–Crippen MR) is 120 cm³/mol. The standard InChI is InChI=1S/C23H28FN3O4S/c1-26-12-14-27(15-13-26)32(29,30)19-8-9-21(31-2)20(16-19)25-22(28)23(10-3-11-23)17-4-6-18(24)7-5-17/h4-9,16H,3,10-15H2,1-2H3,(H,25,28). The van der Waals surface area contributed by atoms with Gasteiger partial charge in [-0.3, -0.25) is 4.79 Å². The third-order valence-electron chi connectivity index (χ3n) is 6.56. The third-order valence-corrected chi connectivity index (χ3v) is 8.45. The number of carbonyl (C=O) groups is 1. The Kier molecular flexibility index (Phi) is 6.24. The number of methoxy groups -OCH3 is 1. The van der Waals surface area contributed by atoms with Crippen LogP contribution in [0.5, 0.6) is 5.75 Å². The molecule has 2 fully saturated rings. The third kappa shape index (κ3) is 4.12. The minimum absolute atomic E-state index is 0.114. The summed E-state index contributed by atoms with van der Waals surface area (Å²) in [6, 6.07) is 10.5. The van der Waals surface area contributed by atoms with E-state index in [9.17, 15) is 17.6 Å². The van der Waals surface area contributed by atoms with Crippen molar-refractivity contribution in [3.05, 3.63) is 53.8 Å². The van der Waals surface area contributed by atoms with E-state index in [4.69, 9.17) is 4.74 Å². The van der Waals surface area contributed by atoms with Crippen molar-refractivity contribution >= 4 is 21.6 Å². The zero-order valence-electron chi connectivity index (χ0n) is 18.3. The van der Waals surface area contributed by atoms with Gasteiger partial charge in [0.2, 0.25) is 15.9 Å². The normalized spacial score (nSPS) is 19.2. The highest BCUT2D eigenvalue weighted by molar-refractivity contribution is 7.89. The molecule has 1 N–H and O–H groups in total. The van der Waals surface area contributed by atoms with Crippen LogP contribution < -0.4 is 10.1 Å². The molecule has 7 nitrogen and oxygen atoms in total. The molecule has 1 saturated heterocycles. The second kappa shape index (κ2) is 8.80. The summed E-state index contributed by atoms with van der Waals surface area (Å²) in [5.41, 5.74) is 0.300. The van der Waals surface area contributed by atoms with Crippen LogP contribution in [0, 0.1) is 5.82 Å². The van der Waals surface area contributed by atoms with Crippen LogP contribution in [-0.2, 0) is 20.2 Å². The largest absolute Gasteiger partial charge is 0.495 e. The molecule has 0 unspecified atom stereocenters. The lowest BCUT2D eigenvalue weighted by Gasteiger charge is -2.40. The second-order valence-electron chi connectivity index (χ2n) is 8.47. The number of piperazine rings is 1. The number of anilines is 1. The van der Waals surface area contributed by atoms with Crippen LogP contribution in [0.3, 0.4) is 0 Å². The molecule has 0 aromatic heterocycles. The van der Waals surface area contributed by atoms with E-state index in [-0.39, 0.29) is 16.6 Å². The van der Waals surface area contributed by atoms with E-state index in [2.05, 4.69) is 10.2 Å². The Morgan fingerprint density at radius 1 is 1.06 bits per heavy atom. The fraction of sp³-hybridized carbons (Fsp3) is 0.435. The van der Waals surface area contributed by atoms with E-state index in [1.54, 1.807) is 18.2 Å². The molecular weight excluding hydrogens is 433 g/mol. The van der Waals surface area contributed by atoms with Crippen LogP contribution in [0.25, 0.3) is 0 Å². The maximum Gasteiger partial charge on any atom is 0.243 e. The summed E-state index contributed by atoms with van der Waals surface area (Å²) < 4.78 is 46.6. The molecule has 32 heavy (non-hydrogen) atoms. The number of likely N-dealkylation sites (N-methyl/N-ethyl adjacent to an activating group) is 1. The highest BCUT2D eigenvalue weighted by atomic mass is 32.2. The smallest absolute Gasteiger partial charge is 0.243 e. The minimum Gasteiger partial charge on any atom is -0.495 e. The van der Waals surface area contributed by atoms with Gasteiger partial charge in [0.05, 0.1) is 23.1 Å². The number of benzene rings is 2. The molecule has 1 heterocycles. The van der Waals surface area contributed by atoms with E-state index >= 15 is 0 Å². The Hall–Kier alpha value is -2.49. The lowest BCUT2D eigenvalue weighted by Crippen LogP contribution is -2.47. The van der Waals surface area contributed by atoms with Gasteiger partial charge in [-0.1, -0.05) is 18.6 Å². The molecule has 1 saturated carbocycles. The lowest BCUT2D eigenvalue weighted by atomic mass is 9.64. The van der Waals surface area contributed by atoms with Gasteiger partial charge < -0.3 is 15.0 Å². The molecule has 2 aliphatic rings. The lowest BCUT2D eigenvalue weighted by molar-refractivity contribution is -0.124. The number of ether oxygens (including phenoxy) is 1. The molecule has 0 atom stereocenters. The zero-order chi connectivity index (χ0) is 22.9. The molecule has 1 aliphatic heterocycles. The molecule has 4 rings (SSSR count). The summed E-state index contributed by atoms with van der Waals surface area (Å²) in [5.74, 6) is -0.223. The maximum absolute atomic E-state index is 13.4. The summed E-state index contributed by atoms with van der Waals surface area (Å²) in [5, 5.41) is 2.89. The average molecular weight is 462 g/mol. The van der Waals surface area contributed by atoms with Gasteiger partial charge in [0, 0.05) is 26.2 Å². The van der Waals surface area contributed by atoms with Gasteiger partial charge in [0.15, 0.2) is 0 Å². The fourth-order valence-corrected chi connectivity index (χ4v) is 5.76. The quantitative estimate of drug-likeness (QED) is 0.716. The van der Waals surface area contributed by atoms with Gasteiger partial charge >= 0.3 is 0 Å². The molecule has 9 heteroatoms. The van der Waals surface area contributed by atoms with Gasteiger partial charge in [-0.25, -0.2) is 12.8 Å². The van der Waals surface area contributed by atoms with E-state index in [0.29, 0.717) is 50.5 Å². The van der Waals surface area contributed by atoms with Crippen LogP contribution in [0.1, 0.15) is 24.8 Å². The maximum atomic E-state index is 13.4. The van der Waals surface area contributed by atoms with Gasteiger partial charge in [0.25, 0.3) is 0 Å². The summed E-state index contributed by atoms with van der Waals surface area (Å²) in [6.45, 7) is 2.17.